The van der Waals surface area contributed by atoms with Crippen LogP contribution in [-0.2, 0) is 11.3 Å². The van der Waals surface area contributed by atoms with Crippen LogP contribution in [0, 0.1) is 6.92 Å². The second-order valence-electron chi connectivity index (χ2n) is 5.84. The minimum atomic E-state index is -0.950. The van der Waals surface area contributed by atoms with E-state index < -0.39 is 5.97 Å². The molecule has 0 unspecified atom stereocenters. The Hall–Kier alpha value is -3.21. The highest BCUT2D eigenvalue weighted by Gasteiger charge is 2.10. The number of rotatable bonds is 5. The molecule has 2 aromatic carbocycles. The summed E-state index contributed by atoms with van der Waals surface area (Å²) in [4.78, 5) is 28.2. The van der Waals surface area contributed by atoms with Gasteiger partial charge in [0.05, 0.1) is 17.3 Å². The first-order chi connectivity index (χ1) is 12.0. The van der Waals surface area contributed by atoms with Gasteiger partial charge >= 0.3 is 5.97 Å². The molecule has 0 amide bonds. The van der Waals surface area contributed by atoms with E-state index in [1.54, 1.807) is 24.3 Å². The molecule has 0 aliphatic carbocycles. The van der Waals surface area contributed by atoms with E-state index in [1.165, 1.54) is 4.57 Å². The molecular formula is C20H18N2O3. The summed E-state index contributed by atoms with van der Waals surface area (Å²) in [7, 11) is 0. The molecule has 0 saturated carbocycles. The van der Waals surface area contributed by atoms with E-state index in [9.17, 15) is 9.59 Å². The highest BCUT2D eigenvalue weighted by Crippen LogP contribution is 2.12. The molecule has 3 rings (SSSR count). The zero-order valence-corrected chi connectivity index (χ0v) is 13.8. The first-order valence-corrected chi connectivity index (χ1v) is 8.01. The van der Waals surface area contributed by atoms with Crippen LogP contribution in [0.25, 0.3) is 23.1 Å². The Morgan fingerprint density at radius 2 is 1.96 bits per heavy atom. The molecule has 0 aliphatic heterocycles. The lowest BCUT2D eigenvalue weighted by molar-refractivity contribution is -0.137. The number of para-hydroxylation sites is 1. The quantitative estimate of drug-likeness (QED) is 0.776. The van der Waals surface area contributed by atoms with Crippen LogP contribution in [0.15, 0.2) is 53.3 Å². The van der Waals surface area contributed by atoms with Crippen molar-refractivity contribution in [3.63, 3.8) is 0 Å². The third kappa shape index (κ3) is 3.83. The molecule has 25 heavy (non-hydrogen) atoms. The Bertz CT molecular complexity index is 1020. The van der Waals surface area contributed by atoms with E-state index in [1.807, 2.05) is 43.3 Å². The molecule has 1 aromatic heterocycles. The predicted octanol–water partition coefficient (Wildman–Crippen LogP) is 3.35. The maximum absolute atomic E-state index is 12.7. The van der Waals surface area contributed by atoms with Crippen molar-refractivity contribution in [2.45, 2.75) is 19.9 Å². The van der Waals surface area contributed by atoms with E-state index in [0.717, 1.165) is 11.1 Å². The van der Waals surface area contributed by atoms with Gasteiger partial charge in [-0.15, -0.1) is 0 Å². The summed E-state index contributed by atoms with van der Waals surface area (Å²) in [5.41, 5.74) is 2.50. The lowest BCUT2D eigenvalue weighted by Crippen LogP contribution is -2.25. The molecule has 0 radical (unpaired) electrons. The normalized spacial score (nSPS) is 11.2. The molecule has 5 heteroatoms. The number of benzene rings is 2. The molecule has 5 nitrogen and oxygen atoms in total. The van der Waals surface area contributed by atoms with Crippen molar-refractivity contribution in [2.24, 2.45) is 0 Å². The zero-order valence-electron chi connectivity index (χ0n) is 13.8. The molecule has 0 saturated heterocycles. The van der Waals surface area contributed by atoms with Crippen LogP contribution < -0.4 is 5.56 Å². The van der Waals surface area contributed by atoms with Gasteiger partial charge in [-0.25, -0.2) is 4.98 Å². The third-order valence-corrected chi connectivity index (χ3v) is 3.91. The number of nitrogens with zero attached hydrogens (tertiary/aromatic N) is 2. The van der Waals surface area contributed by atoms with Crippen LogP contribution in [0.3, 0.4) is 0 Å². The van der Waals surface area contributed by atoms with E-state index in [0.29, 0.717) is 16.7 Å². The first-order valence-electron chi connectivity index (χ1n) is 8.01. The molecule has 1 N–H and O–H groups in total. The van der Waals surface area contributed by atoms with Crippen LogP contribution in [0.2, 0.25) is 0 Å². The molecule has 0 atom stereocenters. The fraction of sp³-hybridized carbons (Fsp3) is 0.150. The first kappa shape index (κ1) is 16.6. The monoisotopic (exact) mass is 334 g/mol. The SMILES string of the molecule is Cc1cccc(C=Cc2nc3ccccc3c(=O)n2CCC(=O)O)c1. The molecule has 126 valence electrons. The summed E-state index contributed by atoms with van der Waals surface area (Å²) < 4.78 is 1.42. The molecule has 0 bridgehead atoms. The highest BCUT2D eigenvalue weighted by molar-refractivity contribution is 5.79. The molecule has 0 aliphatic rings. The van der Waals surface area contributed by atoms with E-state index in [2.05, 4.69) is 4.98 Å². The van der Waals surface area contributed by atoms with Gasteiger partial charge < -0.3 is 5.11 Å². The van der Waals surface area contributed by atoms with E-state index in [4.69, 9.17) is 5.11 Å². The Kier molecular flexibility index (Phi) is 4.75. The van der Waals surface area contributed by atoms with Crippen LogP contribution >= 0.6 is 0 Å². The van der Waals surface area contributed by atoms with Gasteiger partial charge in [0, 0.05) is 6.54 Å². The Morgan fingerprint density at radius 3 is 2.72 bits per heavy atom. The van der Waals surface area contributed by atoms with Gasteiger partial charge in [0.2, 0.25) is 0 Å². The Balaban J connectivity index is 2.09. The molecule has 1 heterocycles. The molecule has 0 fully saturated rings. The maximum atomic E-state index is 12.7. The van der Waals surface area contributed by atoms with Crippen LogP contribution in [0.5, 0.6) is 0 Å². The summed E-state index contributed by atoms with van der Waals surface area (Å²) >= 11 is 0. The van der Waals surface area contributed by atoms with E-state index >= 15 is 0 Å². The standard InChI is InChI=1S/C20H18N2O3/c1-14-5-4-6-15(13-14)9-10-18-21-17-8-3-2-7-16(17)20(25)22(18)12-11-19(23)24/h2-10,13H,11-12H2,1H3,(H,23,24). The number of carbonyl (C=O) groups is 1. The second kappa shape index (κ2) is 7.13. The summed E-state index contributed by atoms with van der Waals surface area (Å²) in [6, 6.07) is 15.0. The van der Waals surface area contributed by atoms with Gasteiger partial charge in [-0.2, -0.15) is 0 Å². The summed E-state index contributed by atoms with van der Waals surface area (Å²) in [6.45, 7) is 2.09. The smallest absolute Gasteiger partial charge is 0.305 e. The fourth-order valence-electron chi connectivity index (χ4n) is 2.68. The van der Waals surface area contributed by atoms with Crippen LogP contribution in [0.4, 0.5) is 0 Å². The van der Waals surface area contributed by atoms with Crippen molar-refractivity contribution in [1.29, 1.82) is 0 Å². The second-order valence-corrected chi connectivity index (χ2v) is 5.84. The summed E-state index contributed by atoms with van der Waals surface area (Å²) in [5.74, 6) is -0.500. The van der Waals surface area contributed by atoms with Crippen molar-refractivity contribution in [3.8, 4) is 0 Å². The summed E-state index contributed by atoms with van der Waals surface area (Å²) in [5, 5.41) is 9.44. The largest absolute Gasteiger partial charge is 0.481 e. The van der Waals surface area contributed by atoms with Gasteiger partial charge in [-0.1, -0.05) is 48.0 Å². The molecule has 0 spiro atoms. The average Bonchev–Trinajstić information content (AvgIpc) is 2.59. The van der Waals surface area contributed by atoms with Gasteiger partial charge in [0.1, 0.15) is 5.82 Å². The predicted molar refractivity (Wildman–Crippen MR) is 98.4 cm³/mol. The number of hydrogen-bond donors (Lipinski definition) is 1. The van der Waals surface area contributed by atoms with Crippen molar-refractivity contribution in [1.82, 2.24) is 9.55 Å². The minimum Gasteiger partial charge on any atom is -0.481 e. The molecular weight excluding hydrogens is 316 g/mol. The number of carboxylic acids is 1. The number of hydrogen-bond acceptors (Lipinski definition) is 3. The highest BCUT2D eigenvalue weighted by atomic mass is 16.4. The molecule has 3 aromatic rings. The van der Waals surface area contributed by atoms with Crippen LogP contribution in [-0.4, -0.2) is 20.6 Å². The number of aliphatic carboxylic acids is 1. The lowest BCUT2D eigenvalue weighted by Gasteiger charge is -2.10. The van der Waals surface area contributed by atoms with Crippen molar-refractivity contribution in [2.75, 3.05) is 0 Å². The van der Waals surface area contributed by atoms with Gasteiger partial charge in [-0.05, 0) is 30.7 Å². The van der Waals surface area contributed by atoms with Crippen molar-refractivity contribution >= 4 is 29.0 Å². The average molecular weight is 334 g/mol. The summed E-state index contributed by atoms with van der Waals surface area (Å²) in [6.07, 6.45) is 3.50. The number of carboxylic acid groups (broad SMARTS) is 1. The van der Waals surface area contributed by atoms with Gasteiger partial charge in [0.25, 0.3) is 5.56 Å². The fourth-order valence-corrected chi connectivity index (χ4v) is 2.68. The van der Waals surface area contributed by atoms with Gasteiger partial charge in [0.15, 0.2) is 0 Å². The zero-order chi connectivity index (χ0) is 17.8. The maximum Gasteiger partial charge on any atom is 0.305 e. The number of fused-ring (bicyclic) bond motifs is 1. The number of aromatic nitrogens is 2. The van der Waals surface area contributed by atoms with E-state index in [-0.39, 0.29) is 18.5 Å². The Labute approximate surface area is 144 Å². The van der Waals surface area contributed by atoms with Crippen molar-refractivity contribution < 1.29 is 9.90 Å². The topological polar surface area (TPSA) is 72.2 Å². The number of aryl methyl sites for hydroxylation is 1. The van der Waals surface area contributed by atoms with Crippen molar-refractivity contribution in [3.05, 3.63) is 75.8 Å². The van der Waals surface area contributed by atoms with Crippen LogP contribution in [0.1, 0.15) is 23.4 Å². The lowest BCUT2D eigenvalue weighted by atomic mass is 10.1. The van der Waals surface area contributed by atoms with Gasteiger partial charge in [-0.3, -0.25) is 14.2 Å². The Morgan fingerprint density at radius 1 is 1.16 bits per heavy atom. The third-order valence-electron chi connectivity index (χ3n) is 3.91. The minimum absolute atomic E-state index is 0.0828.